The number of anilines is 1. The lowest BCUT2D eigenvalue weighted by Gasteiger charge is -2.16. The number of nitrogens with one attached hydrogen (secondary N) is 1. The molecule has 0 spiro atoms. The number of hydrogen-bond acceptors (Lipinski definition) is 5. The van der Waals surface area contributed by atoms with Crippen molar-refractivity contribution in [1.29, 1.82) is 5.26 Å². The van der Waals surface area contributed by atoms with Crippen LogP contribution in [0.3, 0.4) is 0 Å². The lowest BCUT2D eigenvalue weighted by atomic mass is 9.95. The summed E-state index contributed by atoms with van der Waals surface area (Å²) in [4.78, 5) is 30.0. The van der Waals surface area contributed by atoms with Crippen molar-refractivity contribution in [1.82, 2.24) is 14.8 Å². The molecule has 1 radical (unpaired) electrons. The number of hydrogen-bond donors (Lipinski definition) is 1. The molecule has 151 valence electrons. The molecule has 30 heavy (non-hydrogen) atoms. The summed E-state index contributed by atoms with van der Waals surface area (Å²) in [6, 6.07) is 9.96. The van der Waals surface area contributed by atoms with Crippen molar-refractivity contribution in [2.24, 2.45) is 0 Å². The fourth-order valence-corrected chi connectivity index (χ4v) is 3.43. The first-order valence-electron chi connectivity index (χ1n) is 8.80. The minimum absolute atomic E-state index is 0.168. The molecule has 0 bridgehead atoms. The number of ketones is 1. The zero-order valence-electron chi connectivity index (χ0n) is 16.3. The van der Waals surface area contributed by atoms with Crippen LogP contribution in [0, 0.1) is 24.2 Å². The van der Waals surface area contributed by atoms with Crippen molar-refractivity contribution in [3.05, 3.63) is 74.5 Å². The standard InChI is InChI=1S/C21H16BrClN5O2/c1-11(2)19(29)14-8-13(10-24)7-12(3)18(14)26-21(30)16-9-17(22)27-28(16)20-15(23)5-4-6-25-20/h4-9H,1-3H3,(H,26,30). The zero-order chi connectivity index (χ0) is 22.0. The van der Waals surface area contributed by atoms with Crippen LogP contribution in [0.5, 0.6) is 0 Å². The fraction of sp³-hybridized carbons (Fsp3) is 0.143. The molecule has 0 unspecified atom stereocenters. The van der Waals surface area contributed by atoms with E-state index in [0.29, 0.717) is 38.2 Å². The highest BCUT2D eigenvalue weighted by molar-refractivity contribution is 9.10. The predicted octanol–water partition coefficient (Wildman–Crippen LogP) is 4.91. The molecule has 3 rings (SSSR count). The van der Waals surface area contributed by atoms with E-state index in [4.69, 9.17) is 11.6 Å². The Labute approximate surface area is 186 Å². The van der Waals surface area contributed by atoms with Gasteiger partial charge in [-0.1, -0.05) is 25.4 Å². The molecule has 0 fully saturated rings. The number of benzene rings is 1. The zero-order valence-corrected chi connectivity index (χ0v) is 18.7. The molecule has 7 nitrogen and oxygen atoms in total. The highest BCUT2D eigenvalue weighted by Gasteiger charge is 2.23. The molecule has 0 saturated heterocycles. The molecule has 9 heteroatoms. The first-order chi connectivity index (χ1) is 14.2. The van der Waals surface area contributed by atoms with Crippen molar-refractivity contribution in [3.8, 4) is 11.9 Å². The molecular formula is C21H16BrClN5O2. The van der Waals surface area contributed by atoms with Crippen molar-refractivity contribution in [3.63, 3.8) is 0 Å². The topological polar surface area (TPSA) is 101 Å². The van der Waals surface area contributed by atoms with Crippen LogP contribution in [0.25, 0.3) is 5.82 Å². The normalized spacial score (nSPS) is 10.7. The fourth-order valence-electron chi connectivity index (χ4n) is 2.85. The van der Waals surface area contributed by atoms with Crippen molar-refractivity contribution >= 4 is 44.9 Å². The first-order valence-corrected chi connectivity index (χ1v) is 9.97. The Morgan fingerprint density at radius 1 is 1.27 bits per heavy atom. The average Bonchev–Trinajstić information content (AvgIpc) is 3.10. The Bertz CT molecular complexity index is 1200. The molecular weight excluding hydrogens is 470 g/mol. The van der Waals surface area contributed by atoms with E-state index in [1.54, 1.807) is 45.2 Å². The van der Waals surface area contributed by atoms with Crippen LogP contribution in [-0.4, -0.2) is 26.5 Å². The number of carbonyl (C=O) groups is 2. The summed E-state index contributed by atoms with van der Waals surface area (Å²) in [6.07, 6.45) is 1.54. The van der Waals surface area contributed by atoms with Crippen molar-refractivity contribution in [2.75, 3.05) is 5.32 Å². The number of halogens is 2. The molecule has 0 aliphatic heterocycles. The molecule has 0 atom stereocenters. The molecule has 1 N–H and O–H groups in total. The Hall–Kier alpha value is -3.02. The number of Topliss-reactive ketones (excluding diaryl/α,β-unsaturated/α-hetero) is 1. The third kappa shape index (κ3) is 4.27. The van der Waals surface area contributed by atoms with Gasteiger partial charge in [0.25, 0.3) is 5.91 Å². The van der Waals surface area contributed by atoms with Gasteiger partial charge in [-0.3, -0.25) is 9.59 Å². The van der Waals surface area contributed by atoms with E-state index in [1.165, 1.54) is 16.8 Å². The van der Waals surface area contributed by atoms with Gasteiger partial charge < -0.3 is 5.32 Å². The van der Waals surface area contributed by atoms with Crippen LogP contribution >= 0.6 is 27.5 Å². The first kappa shape index (κ1) is 21.7. The van der Waals surface area contributed by atoms with Gasteiger partial charge in [-0.25, -0.2) is 9.67 Å². The van der Waals surface area contributed by atoms with E-state index in [2.05, 4.69) is 31.3 Å². The van der Waals surface area contributed by atoms with Gasteiger partial charge >= 0.3 is 0 Å². The second kappa shape index (κ2) is 8.78. The van der Waals surface area contributed by atoms with Crippen LogP contribution in [0.1, 0.15) is 45.8 Å². The van der Waals surface area contributed by atoms with Gasteiger partial charge in [0.1, 0.15) is 10.3 Å². The maximum Gasteiger partial charge on any atom is 0.274 e. The van der Waals surface area contributed by atoms with E-state index in [0.717, 1.165) is 0 Å². The number of aryl methyl sites for hydroxylation is 1. The number of nitrogens with zero attached hydrogens (tertiary/aromatic N) is 4. The quantitative estimate of drug-likeness (QED) is 0.517. The Kier molecular flexibility index (Phi) is 6.34. The number of nitriles is 1. The highest BCUT2D eigenvalue weighted by atomic mass is 79.9. The van der Waals surface area contributed by atoms with Gasteiger partial charge in [-0.05, 0) is 52.7 Å². The number of carbonyl (C=O) groups excluding carboxylic acids is 2. The summed E-state index contributed by atoms with van der Waals surface area (Å²) < 4.78 is 1.74. The monoisotopic (exact) mass is 484 g/mol. The van der Waals surface area contributed by atoms with E-state index < -0.39 is 5.91 Å². The minimum Gasteiger partial charge on any atom is -0.320 e. The Morgan fingerprint density at radius 3 is 2.63 bits per heavy atom. The predicted molar refractivity (Wildman–Crippen MR) is 117 cm³/mol. The summed E-state index contributed by atoms with van der Waals surface area (Å²) >= 11 is 9.49. The second-order valence-corrected chi connectivity index (χ2v) is 7.90. The third-order valence-electron chi connectivity index (χ3n) is 4.25. The van der Waals surface area contributed by atoms with Gasteiger partial charge in [0.2, 0.25) is 0 Å². The molecule has 2 aromatic heterocycles. The van der Waals surface area contributed by atoms with Crippen LogP contribution in [0.15, 0.2) is 41.1 Å². The summed E-state index contributed by atoms with van der Waals surface area (Å²) in [7, 11) is 0. The number of amides is 1. The molecule has 1 aromatic carbocycles. The molecule has 3 aromatic rings. The smallest absolute Gasteiger partial charge is 0.274 e. The molecule has 2 heterocycles. The minimum atomic E-state index is -0.509. The van der Waals surface area contributed by atoms with Crippen LogP contribution in [0.2, 0.25) is 5.02 Å². The summed E-state index contributed by atoms with van der Waals surface area (Å²) in [5.41, 5.74) is 1.68. The average molecular weight is 486 g/mol. The molecule has 1 amide bonds. The van der Waals surface area contributed by atoms with E-state index in [1.807, 2.05) is 6.07 Å². The number of aromatic nitrogens is 3. The molecule has 0 saturated carbocycles. The number of pyridine rings is 1. The second-order valence-electron chi connectivity index (χ2n) is 6.68. The van der Waals surface area contributed by atoms with Crippen LogP contribution in [0.4, 0.5) is 5.69 Å². The largest absolute Gasteiger partial charge is 0.320 e. The molecule has 0 aliphatic carbocycles. The van der Waals surface area contributed by atoms with Crippen molar-refractivity contribution in [2.45, 2.75) is 20.8 Å². The van der Waals surface area contributed by atoms with Gasteiger partial charge in [-0.15, -0.1) is 0 Å². The van der Waals surface area contributed by atoms with E-state index in [-0.39, 0.29) is 17.0 Å². The van der Waals surface area contributed by atoms with Crippen LogP contribution < -0.4 is 5.32 Å². The SMILES string of the molecule is C[C](C)C(=O)c1cc(C#N)cc(C)c1NC(=O)c1cc(Br)nn1-c1ncccc1Cl. The lowest BCUT2D eigenvalue weighted by Crippen LogP contribution is -2.21. The Morgan fingerprint density at radius 2 is 2.00 bits per heavy atom. The maximum absolute atomic E-state index is 13.1. The van der Waals surface area contributed by atoms with Gasteiger partial charge in [-0.2, -0.15) is 10.4 Å². The van der Waals surface area contributed by atoms with Crippen LogP contribution in [-0.2, 0) is 0 Å². The maximum atomic E-state index is 13.1. The van der Waals surface area contributed by atoms with Gasteiger partial charge in [0.05, 0.1) is 22.3 Å². The summed E-state index contributed by atoms with van der Waals surface area (Å²) in [6.45, 7) is 5.08. The van der Waals surface area contributed by atoms with E-state index >= 15 is 0 Å². The third-order valence-corrected chi connectivity index (χ3v) is 4.94. The van der Waals surface area contributed by atoms with Gasteiger partial charge in [0, 0.05) is 23.7 Å². The number of rotatable bonds is 5. The Balaban J connectivity index is 2.07. The molecule has 0 aliphatic rings. The lowest BCUT2D eigenvalue weighted by molar-refractivity contribution is 0.101. The highest BCUT2D eigenvalue weighted by Crippen LogP contribution is 2.28. The summed E-state index contributed by atoms with van der Waals surface area (Å²) in [5, 5.41) is 16.6. The van der Waals surface area contributed by atoms with Crippen molar-refractivity contribution < 1.29 is 9.59 Å². The van der Waals surface area contributed by atoms with E-state index in [9.17, 15) is 14.9 Å². The summed E-state index contributed by atoms with van der Waals surface area (Å²) in [5.74, 6) is 0.0622. The van der Waals surface area contributed by atoms with Gasteiger partial charge in [0.15, 0.2) is 11.6 Å².